The lowest BCUT2D eigenvalue weighted by Crippen LogP contribution is -2.06. The number of fused-ring (bicyclic) bond motifs is 1. The summed E-state index contributed by atoms with van der Waals surface area (Å²) in [6.45, 7) is 0. The zero-order valence-corrected chi connectivity index (χ0v) is 11.5. The Kier molecular flexibility index (Phi) is 3.17. The number of ketones is 1. The predicted octanol–water partition coefficient (Wildman–Crippen LogP) is 2.99. The van der Waals surface area contributed by atoms with Gasteiger partial charge in [-0.05, 0) is 17.5 Å². The van der Waals surface area contributed by atoms with Crippen molar-refractivity contribution >= 4 is 28.0 Å². The predicted molar refractivity (Wildman–Crippen MR) is 77.4 cm³/mol. The van der Waals surface area contributed by atoms with Gasteiger partial charge in [-0.3, -0.25) is 9.48 Å². The molecule has 19 heavy (non-hydrogen) atoms. The van der Waals surface area contributed by atoms with Crippen molar-refractivity contribution in [3.63, 3.8) is 0 Å². The quantitative estimate of drug-likeness (QED) is 0.730. The molecule has 2 heterocycles. The summed E-state index contributed by atoms with van der Waals surface area (Å²) in [5.41, 5.74) is 1.95. The topological polar surface area (TPSA) is 34.9 Å². The van der Waals surface area contributed by atoms with Crippen LogP contribution in [0.25, 0.3) is 10.9 Å². The molecule has 0 fully saturated rings. The minimum absolute atomic E-state index is 0.214. The Morgan fingerprint density at radius 3 is 2.84 bits per heavy atom. The molecule has 1 aromatic carbocycles. The summed E-state index contributed by atoms with van der Waals surface area (Å²) in [6.07, 6.45) is 0.905. The SMILES string of the molecule is Cn1nc(CC(=O)Cc2cccs2)c2ccccc21. The van der Waals surface area contributed by atoms with Crippen LogP contribution in [-0.2, 0) is 24.7 Å². The summed E-state index contributed by atoms with van der Waals surface area (Å²) in [4.78, 5) is 13.2. The second-order valence-electron chi connectivity index (χ2n) is 4.56. The van der Waals surface area contributed by atoms with Gasteiger partial charge in [0.05, 0.1) is 17.6 Å². The lowest BCUT2D eigenvalue weighted by molar-refractivity contribution is -0.117. The van der Waals surface area contributed by atoms with E-state index in [9.17, 15) is 4.79 Å². The van der Waals surface area contributed by atoms with Crippen molar-refractivity contribution in [3.05, 3.63) is 52.3 Å². The van der Waals surface area contributed by atoms with Crippen LogP contribution in [0.15, 0.2) is 41.8 Å². The third-order valence-corrected chi connectivity index (χ3v) is 4.03. The summed E-state index contributed by atoms with van der Waals surface area (Å²) in [7, 11) is 1.91. The first-order chi connectivity index (χ1) is 9.24. The second-order valence-corrected chi connectivity index (χ2v) is 5.59. The Morgan fingerprint density at radius 2 is 2.05 bits per heavy atom. The Balaban J connectivity index is 1.83. The Morgan fingerprint density at radius 1 is 1.21 bits per heavy atom. The van der Waals surface area contributed by atoms with Crippen molar-refractivity contribution in [2.45, 2.75) is 12.8 Å². The van der Waals surface area contributed by atoms with E-state index in [2.05, 4.69) is 5.10 Å². The van der Waals surface area contributed by atoms with Gasteiger partial charge in [0.25, 0.3) is 0 Å². The number of hydrogen-bond donors (Lipinski definition) is 0. The Bertz CT molecular complexity index is 713. The standard InChI is InChI=1S/C15H14N2OS/c1-17-15-7-3-2-6-13(15)14(16-17)10-11(18)9-12-5-4-8-19-12/h2-8H,9-10H2,1H3. The van der Waals surface area contributed by atoms with Crippen molar-refractivity contribution in [1.29, 1.82) is 0 Å². The summed E-state index contributed by atoms with van der Waals surface area (Å²) in [5, 5.41) is 7.53. The van der Waals surface area contributed by atoms with Crippen LogP contribution in [0.2, 0.25) is 0 Å². The highest BCUT2D eigenvalue weighted by Crippen LogP contribution is 2.19. The molecular formula is C15H14N2OS. The first-order valence-electron chi connectivity index (χ1n) is 6.19. The number of benzene rings is 1. The number of rotatable bonds is 4. The summed E-state index contributed by atoms with van der Waals surface area (Å²) < 4.78 is 1.84. The highest BCUT2D eigenvalue weighted by Gasteiger charge is 2.12. The second kappa shape index (κ2) is 4.97. The third kappa shape index (κ3) is 2.44. The highest BCUT2D eigenvalue weighted by atomic mass is 32.1. The number of Topliss-reactive ketones (excluding diaryl/α,β-unsaturated/α-hetero) is 1. The van der Waals surface area contributed by atoms with Crippen molar-refractivity contribution < 1.29 is 4.79 Å². The molecule has 96 valence electrons. The Labute approximate surface area is 115 Å². The molecule has 0 unspecified atom stereocenters. The fraction of sp³-hybridized carbons (Fsp3) is 0.200. The lowest BCUT2D eigenvalue weighted by atomic mass is 10.1. The largest absolute Gasteiger partial charge is 0.299 e. The number of carbonyl (C=O) groups excluding carboxylic acids is 1. The van der Waals surface area contributed by atoms with E-state index in [-0.39, 0.29) is 5.78 Å². The molecule has 0 amide bonds. The van der Waals surface area contributed by atoms with Crippen LogP contribution in [0, 0.1) is 0 Å². The minimum Gasteiger partial charge on any atom is -0.299 e. The average molecular weight is 270 g/mol. The fourth-order valence-electron chi connectivity index (χ4n) is 2.28. The number of nitrogens with zero attached hydrogens (tertiary/aromatic N) is 2. The van der Waals surface area contributed by atoms with E-state index in [1.54, 1.807) is 11.3 Å². The molecule has 0 aliphatic heterocycles. The van der Waals surface area contributed by atoms with Gasteiger partial charge in [0.1, 0.15) is 5.78 Å². The minimum atomic E-state index is 0.214. The molecule has 0 N–H and O–H groups in total. The van der Waals surface area contributed by atoms with Crippen molar-refractivity contribution in [1.82, 2.24) is 9.78 Å². The molecule has 3 aromatic rings. The van der Waals surface area contributed by atoms with Crippen LogP contribution in [-0.4, -0.2) is 15.6 Å². The van der Waals surface area contributed by atoms with E-state index in [1.165, 1.54) is 0 Å². The summed E-state index contributed by atoms with van der Waals surface area (Å²) in [5.74, 6) is 0.214. The monoisotopic (exact) mass is 270 g/mol. The molecule has 0 saturated carbocycles. The maximum Gasteiger partial charge on any atom is 0.144 e. The molecule has 0 aliphatic carbocycles. The lowest BCUT2D eigenvalue weighted by Gasteiger charge is -1.97. The van der Waals surface area contributed by atoms with Gasteiger partial charge in [-0.1, -0.05) is 24.3 Å². The van der Waals surface area contributed by atoms with Crippen LogP contribution < -0.4 is 0 Å². The van der Waals surface area contributed by atoms with E-state index in [0.29, 0.717) is 12.8 Å². The van der Waals surface area contributed by atoms with Gasteiger partial charge in [0, 0.05) is 23.7 Å². The fourth-order valence-corrected chi connectivity index (χ4v) is 3.01. The van der Waals surface area contributed by atoms with Crippen molar-refractivity contribution in [2.75, 3.05) is 0 Å². The van der Waals surface area contributed by atoms with Gasteiger partial charge in [-0.2, -0.15) is 5.10 Å². The van der Waals surface area contributed by atoms with E-state index in [0.717, 1.165) is 21.5 Å². The molecule has 0 spiro atoms. The molecule has 2 aromatic heterocycles. The molecule has 3 rings (SSSR count). The van der Waals surface area contributed by atoms with Crippen molar-refractivity contribution in [2.24, 2.45) is 7.05 Å². The molecule has 0 aliphatic rings. The molecular weight excluding hydrogens is 256 g/mol. The highest BCUT2D eigenvalue weighted by molar-refractivity contribution is 7.10. The Hall–Kier alpha value is -1.94. The zero-order chi connectivity index (χ0) is 13.2. The van der Waals surface area contributed by atoms with Gasteiger partial charge >= 0.3 is 0 Å². The van der Waals surface area contributed by atoms with Crippen LogP contribution in [0.3, 0.4) is 0 Å². The number of carbonyl (C=O) groups is 1. The number of aryl methyl sites for hydroxylation is 1. The number of para-hydroxylation sites is 1. The molecule has 0 bridgehead atoms. The molecule has 0 atom stereocenters. The third-order valence-electron chi connectivity index (χ3n) is 3.15. The summed E-state index contributed by atoms with van der Waals surface area (Å²) >= 11 is 1.62. The van der Waals surface area contributed by atoms with Gasteiger partial charge in [-0.25, -0.2) is 0 Å². The van der Waals surface area contributed by atoms with Crippen molar-refractivity contribution in [3.8, 4) is 0 Å². The van der Waals surface area contributed by atoms with Crippen LogP contribution in [0.4, 0.5) is 0 Å². The van der Waals surface area contributed by atoms with Crippen LogP contribution in [0.1, 0.15) is 10.6 Å². The van der Waals surface area contributed by atoms with E-state index in [1.807, 2.05) is 53.5 Å². The first-order valence-corrected chi connectivity index (χ1v) is 7.06. The average Bonchev–Trinajstić information content (AvgIpc) is 3.00. The number of thiophene rings is 1. The smallest absolute Gasteiger partial charge is 0.144 e. The molecule has 4 heteroatoms. The molecule has 0 saturated heterocycles. The molecule has 0 radical (unpaired) electrons. The maximum atomic E-state index is 12.1. The summed E-state index contributed by atoms with van der Waals surface area (Å²) in [6, 6.07) is 12.0. The van der Waals surface area contributed by atoms with Gasteiger partial charge in [0.2, 0.25) is 0 Å². The van der Waals surface area contributed by atoms with Crippen LogP contribution in [0.5, 0.6) is 0 Å². The first kappa shape index (κ1) is 12.1. The number of hydrogen-bond acceptors (Lipinski definition) is 3. The van der Waals surface area contributed by atoms with E-state index < -0.39 is 0 Å². The van der Waals surface area contributed by atoms with Crippen LogP contribution >= 0.6 is 11.3 Å². The zero-order valence-electron chi connectivity index (χ0n) is 10.7. The number of aromatic nitrogens is 2. The van der Waals surface area contributed by atoms with Gasteiger partial charge in [-0.15, -0.1) is 11.3 Å². The normalized spacial score (nSPS) is 11.0. The van der Waals surface area contributed by atoms with Gasteiger partial charge in [0.15, 0.2) is 0 Å². The van der Waals surface area contributed by atoms with E-state index >= 15 is 0 Å². The van der Waals surface area contributed by atoms with Gasteiger partial charge < -0.3 is 0 Å². The van der Waals surface area contributed by atoms with E-state index in [4.69, 9.17) is 0 Å². The molecule has 3 nitrogen and oxygen atoms in total. The maximum absolute atomic E-state index is 12.1.